The molecule has 0 spiro atoms. The number of hydrogen-bond donors (Lipinski definition) is 3. The maximum Gasteiger partial charge on any atom is 0.251 e. The number of benzene rings is 2. The number of thioether (sulfide) groups is 1. The van der Waals surface area contributed by atoms with E-state index < -0.39 is 0 Å². The van der Waals surface area contributed by atoms with E-state index in [1.54, 1.807) is 42.5 Å². The van der Waals surface area contributed by atoms with Crippen molar-refractivity contribution in [2.45, 2.75) is 19.0 Å². The van der Waals surface area contributed by atoms with E-state index in [2.05, 4.69) is 16.0 Å². The normalized spacial score (nSPS) is 16.0. The minimum Gasteiger partial charge on any atom is -0.348 e. The van der Waals surface area contributed by atoms with Crippen molar-refractivity contribution >= 4 is 41.7 Å². The third-order valence-electron chi connectivity index (χ3n) is 4.26. The lowest BCUT2D eigenvalue weighted by atomic mass is 10.1. The van der Waals surface area contributed by atoms with Crippen molar-refractivity contribution in [1.29, 1.82) is 0 Å². The molecule has 8 heteroatoms. The number of nitrogens with one attached hydrogen (secondary N) is 3. The van der Waals surface area contributed by atoms with Crippen LogP contribution < -0.4 is 16.0 Å². The highest BCUT2D eigenvalue weighted by Crippen LogP contribution is 2.14. The zero-order valence-corrected chi connectivity index (χ0v) is 16.9. The second-order valence-electron chi connectivity index (χ2n) is 6.33. The molecule has 150 valence electrons. The standard InChI is InChI=1S/C20H22FN3O2S.ClH/c21-18-4-2-1-3-15(18)12-23-20(26)14-5-7-16(8-6-14)24-19(25)11-17-13-27-10-9-22-17;/h1-8,17,22H,9-13H2,(H,23,26)(H,24,25);1H. The van der Waals surface area contributed by atoms with Gasteiger partial charge in [-0.1, -0.05) is 18.2 Å². The van der Waals surface area contributed by atoms with Crippen LogP contribution in [0.15, 0.2) is 48.5 Å². The van der Waals surface area contributed by atoms with Crippen molar-refractivity contribution in [1.82, 2.24) is 10.6 Å². The van der Waals surface area contributed by atoms with Gasteiger partial charge in [-0.15, -0.1) is 12.4 Å². The Morgan fingerprint density at radius 3 is 2.57 bits per heavy atom. The molecule has 0 bridgehead atoms. The Morgan fingerprint density at radius 2 is 1.89 bits per heavy atom. The number of hydrogen-bond acceptors (Lipinski definition) is 4. The fourth-order valence-electron chi connectivity index (χ4n) is 2.81. The Hall–Kier alpha value is -2.09. The molecule has 3 N–H and O–H groups in total. The van der Waals surface area contributed by atoms with Crippen LogP contribution >= 0.6 is 24.2 Å². The quantitative estimate of drug-likeness (QED) is 0.667. The monoisotopic (exact) mass is 423 g/mol. The zero-order valence-electron chi connectivity index (χ0n) is 15.2. The summed E-state index contributed by atoms with van der Waals surface area (Å²) in [4.78, 5) is 24.3. The first-order valence-corrected chi connectivity index (χ1v) is 10.00. The molecule has 1 atom stereocenters. The molecule has 2 amide bonds. The van der Waals surface area contributed by atoms with E-state index in [4.69, 9.17) is 0 Å². The van der Waals surface area contributed by atoms with E-state index in [9.17, 15) is 14.0 Å². The van der Waals surface area contributed by atoms with Crippen molar-refractivity contribution in [3.63, 3.8) is 0 Å². The fourth-order valence-corrected chi connectivity index (χ4v) is 3.76. The van der Waals surface area contributed by atoms with E-state index in [0.717, 1.165) is 18.1 Å². The van der Waals surface area contributed by atoms with Gasteiger partial charge in [0.15, 0.2) is 0 Å². The van der Waals surface area contributed by atoms with Crippen LogP contribution in [0.3, 0.4) is 0 Å². The first-order chi connectivity index (χ1) is 13.1. The molecule has 2 aromatic rings. The van der Waals surface area contributed by atoms with Gasteiger partial charge in [0.2, 0.25) is 5.91 Å². The van der Waals surface area contributed by atoms with E-state index >= 15 is 0 Å². The number of amides is 2. The lowest BCUT2D eigenvalue weighted by Crippen LogP contribution is -2.39. The Balaban J connectivity index is 0.00000280. The molecule has 1 heterocycles. The van der Waals surface area contributed by atoms with Gasteiger partial charge in [-0.25, -0.2) is 4.39 Å². The molecule has 1 aliphatic heterocycles. The van der Waals surface area contributed by atoms with E-state index in [-0.39, 0.29) is 42.6 Å². The van der Waals surface area contributed by atoms with Gasteiger partial charge in [0.05, 0.1) is 0 Å². The SMILES string of the molecule is Cl.O=C(CC1CSCCN1)Nc1ccc(C(=O)NCc2ccccc2F)cc1. The summed E-state index contributed by atoms with van der Waals surface area (Å²) < 4.78 is 13.6. The van der Waals surface area contributed by atoms with Gasteiger partial charge in [-0.05, 0) is 30.3 Å². The molecule has 3 rings (SSSR count). The molecular formula is C20H23ClFN3O2S. The molecular weight excluding hydrogens is 401 g/mol. The molecule has 5 nitrogen and oxygen atoms in total. The average molecular weight is 424 g/mol. The molecule has 1 aliphatic rings. The summed E-state index contributed by atoms with van der Waals surface area (Å²) >= 11 is 1.85. The number of anilines is 1. The van der Waals surface area contributed by atoms with Gasteiger partial charge in [0.25, 0.3) is 5.91 Å². The minimum absolute atomic E-state index is 0. The van der Waals surface area contributed by atoms with Crippen molar-refractivity contribution in [2.24, 2.45) is 0 Å². The van der Waals surface area contributed by atoms with Gasteiger partial charge in [0.1, 0.15) is 5.82 Å². The summed E-state index contributed by atoms with van der Waals surface area (Å²) in [7, 11) is 0. The maximum atomic E-state index is 13.6. The number of rotatable bonds is 6. The molecule has 0 radical (unpaired) electrons. The molecule has 1 unspecified atom stereocenters. The third-order valence-corrected chi connectivity index (χ3v) is 5.39. The molecule has 28 heavy (non-hydrogen) atoms. The Bertz CT molecular complexity index is 798. The maximum absolute atomic E-state index is 13.6. The largest absolute Gasteiger partial charge is 0.348 e. The second kappa shape index (κ2) is 11.0. The summed E-state index contributed by atoms with van der Waals surface area (Å²) in [6.07, 6.45) is 0.428. The van der Waals surface area contributed by atoms with Crippen LogP contribution in [0, 0.1) is 5.82 Å². The van der Waals surface area contributed by atoms with E-state index in [0.29, 0.717) is 23.2 Å². The Kier molecular flexibility index (Phi) is 8.76. The predicted molar refractivity (Wildman–Crippen MR) is 114 cm³/mol. The number of halogens is 2. The van der Waals surface area contributed by atoms with Crippen molar-refractivity contribution in [3.05, 3.63) is 65.5 Å². The van der Waals surface area contributed by atoms with Gasteiger partial charge in [-0.2, -0.15) is 11.8 Å². The molecule has 0 saturated carbocycles. The van der Waals surface area contributed by atoms with Crippen molar-refractivity contribution in [2.75, 3.05) is 23.4 Å². The van der Waals surface area contributed by atoms with Gasteiger partial charge >= 0.3 is 0 Å². The first kappa shape index (κ1) is 22.2. The van der Waals surface area contributed by atoms with E-state index in [1.807, 2.05) is 11.8 Å². The van der Waals surface area contributed by atoms with E-state index in [1.165, 1.54) is 6.07 Å². The summed E-state index contributed by atoms with van der Waals surface area (Å²) in [5, 5.41) is 8.87. The van der Waals surface area contributed by atoms with Crippen LogP contribution in [0.25, 0.3) is 0 Å². The summed E-state index contributed by atoms with van der Waals surface area (Å²) in [5.41, 5.74) is 1.54. The number of carbonyl (C=O) groups is 2. The molecule has 1 fully saturated rings. The topological polar surface area (TPSA) is 70.2 Å². The Labute approximate surface area is 174 Å². The van der Waals surface area contributed by atoms with Gasteiger partial charge in [-0.3, -0.25) is 9.59 Å². The van der Waals surface area contributed by atoms with Crippen LogP contribution in [0.4, 0.5) is 10.1 Å². The molecule has 0 aromatic heterocycles. The van der Waals surface area contributed by atoms with Crippen LogP contribution in [-0.4, -0.2) is 35.9 Å². The molecule has 2 aromatic carbocycles. The lowest BCUT2D eigenvalue weighted by molar-refractivity contribution is -0.116. The van der Waals surface area contributed by atoms with Crippen LogP contribution in [0.1, 0.15) is 22.3 Å². The highest BCUT2D eigenvalue weighted by atomic mass is 35.5. The summed E-state index contributed by atoms with van der Waals surface area (Å²) in [6, 6.07) is 13.2. The smallest absolute Gasteiger partial charge is 0.251 e. The first-order valence-electron chi connectivity index (χ1n) is 8.84. The van der Waals surface area contributed by atoms with Gasteiger partial charge < -0.3 is 16.0 Å². The Morgan fingerprint density at radius 1 is 1.14 bits per heavy atom. The van der Waals surface area contributed by atoms with Gasteiger partial charge in [0, 0.05) is 53.9 Å². The van der Waals surface area contributed by atoms with Crippen LogP contribution in [0.5, 0.6) is 0 Å². The fraction of sp³-hybridized carbons (Fsp3) is 0.300. The number of carbonyl (C=O) groups excluding carboxylic acids is 2. The average Bonchev–Trinajstić information content (AvgIpc) is 2.68. The predicted octanol–water partition coefficient (Wildman–Crippen LogP) is 3.21. The second-order valence-corrected chi connectivity index (χ2v) is 7.48. The third kappa shape index (κ3) is 6.51. The molecule has 0 aliphatic carbocycles. The van der Waals surface area contributed by atoms with Crippen molar-refractivity contribution in [3.8, 4) is 0 Å². The highest BCUT2D eigenvalue weighted by Gasteiger charge is 2.16. The van der Waals surface area contributed by atoms with Crippen LogP contribution in [-0.2, 0) is 11.3 Å². The summed E-state index contributed by atoms with van der Waals surface area (Å²) in [5.74, 6) is 1.33. The lowest BCUT2D eigenvalue weighted by Gasteiger charge is -2.22. The van der Waals surface area contributed by atoms with Crippen LogP contribution in [0.2, 0.25) is 0 Å². The van der Waals surface area contributed by atoms with Crippen molar-refractivity contribution < 1.29 is 14.0 Å². The summed E-state index contributed by atoms with van der Waals surface area (Å²) in [6.45, 7) is 1.05. The zero-order chi connectivity index (χ0) is 19.1. The minimum atomic E-state index is -0.346. The molecule has 1 saturated heterocycles. The highest BCUT2D eigenvalue weighted by molar-refractivity contribution is 7.99.